The molecule has 1 atom stereocenters. The van der Waals surface area contributed by atoms with Gasteiger partial charge in [0.25, 0.3) is 11.6 Å². The second-order valence-corrected chi connectivity index (χ2v) is 8.79. The summed E-state index contributed by atoms with van der Waals surface area (Å²) in [6.45, 7) is 9.52. The number of hydrogen-bond donors (Lipinski definition) is 1. The van der Waals surface area contributed by atoms with Crippen LogP contribution in [0.25, 0.3) is 22.4 Å². The Labute approximate surface area is 184 Å². The van der Waals surface area contributed by atoms with Crippen LogP contribution in [0.1, 0.15) is 77.9 Å². The summed E-state index contributed by atoms with van der Waals surface area (Å²) in [5.41, 5.74) is 2.72. The van der Waals surface area contributed by atoms with Gasteiger partial charge < -0.3 is 18.8 Å². The SMILES string of the molecule is Cc1cc(-c2cc(C(=O)NC(c3nc(C4CC4)no3)C(C)C)c3c(C)noc3n2)c(C)o1. The van der Waals surface area contributed by atoms with Crippen molar-refractivity contribution in [3.8, 4) is 11.3 Å². The van der Waals surface area contributed by atoms with Crippen molar-refractivity contribution in [1.82, 2.24) is 25.6 Å². The molecule has 0 spiro atoms. The highest BCUT2D eigenvalue weighted by Crippen LogP contribution is 2.39. The van der Waals surface area contributed by atoms with Crippen LogP contribution in [0.5, 0.6) is 0 Å². The van der Waals surface area contributed by atoms with Crippen molar-refractivity contribution < 1.29 is 18.3 Å². The fourth-order valence-corrected chi connectivity index (χ4v) is 3.91. The molecule has 0 aliphatic heterocycles. The number of nitrogens with one attached hydrogen (secondary N) is 1. The molecule has 1 amide bonds. The minimum Gasteiger partial charge on any atom is -0.466 e. The van der Waals surface area contributed by atoms with E-state index in [-0.39, 0.29) is 11.8 Å². The molecule has 5 rings (SSSR count). The van der Waals surface area contributed by atoms with Crippen LogP contribution < -0.4 is 5.32 Å². The number of rotatable bonds is 6. The molecule has 4 aromatic rings. The second kappa shape index (κ2) is 7.58. The fraction of sp³-hybridized carbons (Fsp3) is 0.435. The Hall–Kier alpha value is -3.49. The fourth-order valence-electron chi connectivity index (χ4n) is 3.91. The molecule has 0 bridgehead atoms. The van der Waals surface area contributed by atoms with Gasteiger partial charge >= 0.3 is 0 Å². The lowest BCUT2D eigenvalue weighted by Gasteiger charge is -2.19. The van der Waals surface area contributed by atoms with Crippen molar-refractivity contribution in [3.63, 3.8) is 0 Å². The van der Waals surface area contributed by atoms with Gasteiger partial charge in [0.15, 0.2) is 5.82 Å². The van der Waals surface area contributed by atoms with Gasteiger partial charge in [0.05, 0.1) is 22.3 Å². The molecule has 32 heavy (non-hydrogen) atoms. The van der Waals surface area contributed by atoms with Gasteiger partial charge in [0.2, 0.25) is 5.89 Å². The average molecular weight is 435 g/mol. The maximum absolute atomic E-state index is 13.5. The Morgan fingerprint density at radius 2 is 1.88 bits per heavy atom. The van der Waals surface area contributed by atoms with E-state index >= 15 is 0 Å². The van der Waals surface area contributed by atoms with E-state index in [9.17, 15) is 4.79 Å². The second-order valence-electron chi connectivity index (χ2n) is 8.79. The number of amides is 1. The topological polar surface area (TPSA) is 120 Å². The third-order valence-electron chi connectivity index (χ3n) is 5.80. The van der Waals surface area contributed by atoms with E-state index in [1.807, 2.05) is 33.8 Å². The molecular weight excluding hydrogens is 410 g/mol. The smallest absolute Gasteiger partial charge is 0.259 e. The largest absolute Gasteiger partial charge is 0.466 e. The van der Waals surface area contributed by atoms with E-state index in [0.29, 0.717) is 45.7 Å². The van der Waals surface area contributed by atoms with E-state index < -0.39 is 6.04 Å². The lowest BCUT2D eigenvalue weighted by molar-refractivity contribution is 0.0915. The molecule has 9 nitrogen and oxygen atoms in total. The predicted octanol–water partition coefficient (Wildman–Crippen LogP) is 4.80. The van der Waals surface area contributed by atoms with Gasteiger partial charge in [0.1, 0.15) is 17.6 Å². The molecule has 9 heteroatoms. The van der Waals surface area contributed by atoms with Crippen LogP contribution in [0.4, 0.5) is 0 Å². The molecule has 1 aliphatic carbocycles. The number of fused-ring (bicyclic) bond motifs is 1. The lowest BCUT2D eigenvalue weighted by atomic mass is 10.0. The highest BCUT2D eigenvalue weighted by molar-refractivity contribution is 6.07. The van der Waals surface area contributed by atoms with Crippen molar-refractivity contribution in [2.24, 2.45) is 5.92 Å². The maximum atomic E-state index is 13.5. The number of pyridine rings is 1. The third kappa shape index (κ3) is 3.57. The Bertz CT molecular complexity index is 1310. The summed E-state index contributed by atoms with van der Waals surface area (Å²) < 4.78 is 16.6. The summed E-state index contributed by atoms with van der Waals surface area (Å²) in [6.07, 6.45) is 2.16. The van der Waals surface area contributed by atoms with Crippen LogP contribution in [0, 0.1) is 26.7 Å². The van der Waals surface area contributed by atoms with Gasteiger partial charge in [0, 0.05) is 11.5 Å². The van der Waals surface area contributed by atoms with Crippen molar-refractivity contribution in [2.45, 2.75) is 59.4 Å². The first-order valence-electron chi connectivity index (χ1n) is 10.8. The van der Waals surface area contributed by atoms with Crippen molar-refractivity contribution in [3.05, 3.63) is 46.6 Å². The highest BCUT2D eigenvalue weighted by Gasteiger charge is 2.32. The average Bonchev–Trinajstić information content (AvgIpc) is 3.21. The van der Waals surface area contributed by atoms with Crippen LogP contribution >= 0.6 is 0 Å². The van der Waals surface area contributed by atoms with Gasteiger partial charge in [-0.05, 0) is 51.7 Å². The Kier molecular flexibility index (Phi) is 4.83. The first-order valence-corrected chi connectivity index (χ1v) is 10.8. The molecule has 1 unspecified atom stereocenters. The van der Waals surface area contributed by atoms with Crippen LogP contribution in [0.3, 0.4) is 0 Å². The van der Waals surface area contributed by atoms with Crippen LogP contribution in [-0.2, 0) is 0 Å². The molecule has 1 fully saturated rings. The summed E-state index contributed by atoms with van der Waals surface area (Å²) in [7, 11) is 0. The Morgan fingerprint density at radius 3 is 2.53 bits per heavy atom. The van der Waals surface area contributed by atoms with E-state index in [4.69, 9.17) is 13.5 Å². The normalized spacial score (nSPS) is 14.9. The zero-order valence-corrected chi connectivity index (χ0v) is 18.7. The minimum absolute atomic E-state index is 0.0468. The van der Waals surface area contributed by atoms with E-state index in [1.54, 1.807) is 13.0 Å². The monoisotopic (exact) mass is 435 g/mol. The quantitative estimate of drug-likeness (QED) is 0.459. The maximum Gasteiger partial charge on any atom is 0.259 e. The highest BCUT2D eigenvalue weighted by atomic mass is 16.5. The van der Waals surface area contributed by atoms with E-state index in [1.165, 1.54) is 0 Å². The minimum atomic E-state index is -0.424. The molecule has 0 saturated heterocycles. The lowest BCUT2D eigenvalue weighted by Crippen LogP contribution is -2.32. The Morgan fingerprint density at radius 1 is 1.09 bits per heavy atom. The van der Waals surface area contributed by atoms with Gasteiger partial charge in [-0.3, -0.25) is 4.79 Å². The summed E-state index contributed by atoms with van der Waals surface area (Å²) in [4.78, 5) is 22.6. The molecule has 166 valence electrons. The number of aromatic nitrogens is 4. The first-order chi connectivity index (χ1) is 15.3. The van der Waals surface area contributed by atoms with Crippen molar-refractivity contribution in [2.75, 3.05) is 0 Å². The van der Waals surface area contributed by atoms with Crippen molar-refractivity contribution in [1.29, 1.82) is 0 Å². The van der Waals surface area contributed by atoms with Crippen LogP contribution in [0.2, 0.25) is 0 Å². The van der Waals surface area contributed by atoms with Gasteiger partial charge in [-0.15, -0.1) is 0 Å². The number of aryl methyl sites for hydroxylation is 3. The third-order valence-corrected chi connectivity index (χ3v) is 5.80. The zero-order valence-electron chi connectivity index (χ0n) is 18.7. The summed E-state index contributed by atoms with van der Waals surface area (Å²) in [6, 6.07) is 3.22. The standard InChI is InChI=1S/C23H25N5O4/c1-10(2)19(23-26-20(28-32-23)14-6-7-14)25-21(29)16-9-17(15-8-11(3)30-13(15)5)24-22-18(16)12(4)27-31-22/h8-10,14,19H,6-7H2,1-5H3,(H,25,29). The first kappa shape index (κ1) is 20.4. The van der Waals surface area contributed by atoms with E-state index in [2.05, 4.69) is 25.6 Å². The summed E-state index contributed by atoms with van der Waals surface area (Å²) in [5.74, 6) is 2.76. The molecule has 1 saturated carbocycles. The molecule has 1 N–H and O–H groups in total. The van der Waals surface area contributed by atoms with Crippen LogP contribution in [-0.4, -0.2) is 26.2 Å². The summed E-state index contributed by atoms with van der Waals surface area (Å²) in [5, 5.41) is 11.8. The molecule has 0 radical (unpaired) electrons. The molecule has 4 heterocycles. The van der Waals surface area contributed by atoms with E-state index in [0.717, 1.165) is 29.9 Å². The zero-order chi connectivity index (χ0) is 22.6. The van der Waals surface area contributed by atoms with Crippen molar-refractivity contribution >= 4 is 17.0 Å². The summed E-state index contributed by atoms with van der Waals surface area (Å²) >= 11 is 0. The number of carbonyl (C=O) groups excluding carboxylic acids is 1. The Balaban J connectivity index is 1.53. The molecule has 4 aromatic heterocycles. The number of carbonyl (C=O) groups is 1. The number of nitrogens with zero attached hydrogens (tertiary/aromatic N) is 4. The molecular formula is C23H25N5O4. The van der Waals surface area contributed by atoms with Gasteiger partial charge in [-0.1, -0.05) is 24.2 Å². The molecule has 0 aromatic carbocycles. The molecule has 1 aliphatic rings. The number of hydrogen-bond acceptors (Lipinski definition) is 8. The predicted molar refractivity (Wildman–Crippen MR) is 115 cm³/mol. The number of furan rings is 1. The van der Waals surface area contributed by atoms with Gasteiger partial charge in [-0.2, -0.15) is 4.98 Å². The van der Waals surface area contributed by atoms with Gasteiger partial charge in [-0.25, -0.2) is 4.98 Å². The van der Waals surface area contributed by atoms with Crippen LogP contribution in [0.15, 0.2) is 25.6 Å².